The number of methoxy groups -OCH3 is 1. The average molecular weight is 212 g/mol. The summed E-state index contributed by atoms with van der Waals surface area (Å²) in [6.07, 6.45) is 5.37. The molecule has 1 heterocycles. The summed E-state index contributed by atoms with van der Waals surface area (Å²) in [5.74, 6) is 0.937. The molecular formula is C12H24N2O. The predicted octanol–water partition coefficient (Wildman–Crippen LogP) is 1.00. The van der Waals surface area contributed by atoms with Gasteiger partial charge in [0.15, 0.2) is 0 Å². The molecule has 0 bridgehead atoms. The molecule has 0 aromatic heterocycles. The Balaban J connectivity index is 1.49. The van der Waals surface area contributed by atoms with Gasteiger partial charge in [-0.15, -0.1) is 0 Å². The van der Waals surface area contributed by atoms with E-state index in [1.54, 1.807) is 7.11 Å². The minimum atomic E-state index is 0.605. The Bertz CT molecular complexity index is 188. The smallest absolute Gasteiger partial charge is 0.0468 e. The van der Waals surface area contributed by atoms with Crippen molar-refractivity contribution < 1.29 is 4.74 Å². The largest absolute Gasteiger partial charge is 0.385 e. The third-order valence-corrected chi connectivity index (χ3v) is 3.89. The standard InChI is InChI=1S/C12H24N2O/c1-15-7-5-12(3-4-12)10-13-6-2-11-8-14-9-11/h11,13-14H,2-10H2,1H3. The van der Waals surface area contributed by atoms with E-state index in [1.165, 1.54) is 51.9 Å². The van der Waals surface area contributed by atoms with Gasteiger partial charge in [-0.05, 0) is 56.7 Å². The molecule has 3 nitrogen and oxygen atoms in total. The molecule has 2 fully saturated rings. The molecule has 1 saturated heterocycles. The molecule has 88 valence electrons. The third-order valence-electron chi connectivity index (χ3n) is 3.89. The second-order valence-electron chi connectivity index (χ2n) is 5.23. The van der Waals surface area contributed by atoms with Crippen LogP contribution in [0.3, 0.4) is 0 Å². The molecule has 0 unspecified atom stereocenters. The molecule has 0 aromatic carbocycles. The molecule has 2 rings (SSSR count). The van der Waals surface area contributed by atoms with Crippen LogP contribution >= 0.6 is 0 Å². The van der Waals surface area contributed by atoms with Crippen LogP contribution in [0.5, 0.6) is 0 Å². The van der Waals surface area contributed by atoms with Crippen LogP contribution in [0.1, 0.15) is 25.7 Å². The summed E-state index contributed by atoms with van der Waals surface area (Å²) in [6.45, 7) is 5.79. The quantitative estimate of drug-likeness (QED) is 0.589. The predicted molar refractivity (Wildman–Crippen MR) is 62.0 cm³/mol. The van der Waals surface area contributed by atoms with Crippen LogP contribution in [0.4, 0.5) is 0 Å². The number of nitrogens with one attached hydrogen (secondary N) is 2. The summed E-state index contributed by atoms with van der Waals surface area (Å²) in [5, 5.41) is 6.93. The minimum Gasteiger partial charge on any atom is -0.385 e. The zero-order valence-electron chi connectivity index (χ0n) is 9.85. The first-order valence-electron chi connectivity index (χ1n) is 6.25. The lowest BCUT2D eigenvalue weighted by Crippen LogP contribution is -2.43. The normalized spacial score (nSPS) is 23.8. The highest BCUT2D eigenvalue weighted by molar-refractivity contribution is 4.94. The second kappa shape index (κ2) is 5.28. The molecule has 2 aliphatic rings. The van der Waals surface area contributed by atoms with Crippen LogP contribution in [0.2, 0.25) is 0 Å². The fraction of sp³-hybridized carbons (Fsp3) is 1.00. The van der Waals surface area contributed by atoms with Crippen molar-refractivity contribution in [3.63, 3.8) is 0 Å². The Labute approximate surface area is 93.0 Å². The van der Waals surface area contributed by atoms with E-state index in [-0.39, 0.29) is 0 Å². The van der Waals surface area contributed by atoms with Gasteiger partial charge in [0, 0.05) is 20.3 Å². The topological polar surface area (TPSA) is 33.3 Å². The van der Waals surface area contributed by atoms with Crippen molar-refractivity contribution in [1.82, 2.24) is 10.6 Å². The van der Waals surface area contributed by atoms with Gasteiger partial charge in [-0.25, -0.2) is 0 Å². The first kappa shape index (κ1) is 11.4. The van der Waals surface area contributed by atoms with Crippen LogP contribution in [0.25, 0.3) is 0 Å². The maximum Gasteiger partial charge on any atom is 0.0468 e. The van der Waals surface area contributed by atoms with Gasteiger partial charge in [-0.2, -0.15) is 0 Å². The summed E-state index contributed by atoms with van der Waals surface area (Å²) >= 11 is 0. The van der Waals surface area contributed by atoms with Crippen LogP contribution in [0.15, 0.2) is 0 Å². The highest BCUT2D eigenvalue weighted by atomic mass is 16.5. The van der Waals surface area contributed by atoms with Crippen molar-refractivity contribution in [2.75, 3.05) is 39.9 Å². The maximum atomic E-state index is 5.15. The lowest BCUT2D eigenvalue weighted by atomic mass is 9.99. The first-order chi connectivity index (χ1) is 7.35. The maximum absolute atomic E-state index is 5.15. The van der Waals surface area contributed by atoms with Gasteiger partial charge in [0.2, 0.25) is 0 Å². The summed E-state index contributed by atoms with van der Waals surface area (Å²) < 4.78 is 5.15. The number of hydrogen-bond acceptors (Lipinski definition) is 3. The van der Waals surface area contributed by atoms with Crippen LogP contribution < -0.4 is 10.6 Å². The summed E-state index contributed by atoms with van der Waals surface area (Å²) in [6, 6.07) is 0. The number of rotatable bonds is 8. The van der Waals surface area contributed by atoms with E-state index in [1.807, 2.05) is 0 Å². The lowest BCUT2D eigenvalue weighted by Gasteiger charge is -2.27. The second-order valence-corrected chi connectivity index (χ2v) is 5.23. The molecule has 1 aliphatic heterocycles. The van der Waals surface area contributed by atoms with Crippen LogP contribution in [-0.2, 0) is 4.74 Å². The van der Waals surface area contributed by atoms with E-state index in [4.69, 9.17) is 4.74 Å². The first-order valence-corrected chi connectivity index (χ1v) is 6.25. The average Bonchev–Trinajstić information content (AvgIpc) is 2.93. The zero-order chi connectivity index (χ0) is 10.6. The van der Waals surface area contributed by atoms with Gasteiger partial charge in [0.25, 0.3) is 0 Å². The molecule has 0 atom stereocenters. The highest BCUT2D eigenvalue weighted by Gasteiger charge is 2.41. The molecule has 3 heteroatoms. The lowest BCUT2D eigenvalue weighted by molar-refractivity contribution is 0.171. The van der Waals surface area contributed by atoms with E-state index in [0.717, 1.165) is 12.5 Å². The van der Waals surface area contributed by atoms with Crippen LogP contribution in [-0.4, -0.2) is 39.9 Å². The van der Waals surface area contributed by atoms with Gasteiger partial charge in [0.1, 0.15) is 0 Å². The third kappa shape index (κ3) is 3.44. The Kier molecular flexibility index (Phi) is 4.00. The fourth-order valence-corrected chi connectivity index (χ4v) is 2.22. The molecule has 0 amide bonds. The summed E-state index contributed by atoms with van der Waals surface area (Å²) in [7, 11) is 1.80. The van der Waals surface area contributed by atoms with Gasteiger partial charge in [-0.1, -0.05) is 0 Å². The number of hydrogen-bond donors (Lipinski definition) is 2. The highest BCUT2D eigenvalue weighted by Crippen LogP contribution is 2.48. The van der Waals surface area contributed by atoms with E-state index in [2.05, 4.69) is 10.6 Å². The van der Waals surface area contributed by atoms with Gasteiger partial charge >= 0.3 is 0 Å². The Morgan fingerprint density at radius 1 is 1.40 bits per heavy atom. The van der Waals surface area contributed by atoms with Crippen molar-refractivity contribution in [3.05, 3.63) is 0 Å². The van der Waals surface area contributed by atoms with E-state index in [0.29, 0.717) is 5.41 Å². The molecule has 0 spiro atoms. The molecule has 2 N–H and O–H groups in total. The molecular weight excluding hydrogens is 188 g/mol. The fourth-order valence-electron chi connectivity index (χ4n) is 2.22. The van der Waals surface area contributed by atoms with Gasteiger partial charge in [0.05, 0.1) is 0 Å². The Morgan fingerprint density at radius 2 is 2.20 bits per heavy atom. The van der Waals surface area contributed by atoms with Crippen molar-refractivity contribution in [3.8, 4) is 0 Å². The monoisotopic (exact) mass is 212 g/mol. The SMILES string of the molecule is COCCC1(CNCCC2CNC2)CC1. The van der Waals surface area contributed by atoms with Crippen LogP contribution in [0, 0.1) is 11.3 Å². The van der Waals surface area contributed by atoms with Gasteiger partial charge in [-0.3, -0.25) is 0 Å². The molecule has 1 saturated carbocycles. The van der Waals surface area contributed by atoms with E-state index < -0.39 is 0 Å². The minimum absolute atomic E-state index is 0.605. The molecule has 0 aromatic rings. The molecule has 1 aliphatic carbocycles. The van der Waals surface area contributed by atoms with Crippen molar-refractivity contribution in [2.24, 2.45) is 11.3 Å². The Morgan fingerprint density at radius 3 is 2.73 bits per heavy atom. The Hall–Kier alpha value is -0.120. The number of ether oxygens (including phenoxy) is 1. The summed E-state index contributed by atoms with van der Waals surface area (Å²) in [4.78, 5) is 0. The van der Waals surface area contributed by atoms with Crippen molar-refractivity contribution >= 4 is 0 Å². The molecule has 15 heavy (non-hydrogen) atoms. The van der Waals surface area contributed by atoms with Crippen molar-refractivity contribution in [2.45, 2.75) is 25.7 Å². The zero-order valence-corrected chi connectivity index (χ0v) is 9.85. The van der Waals surface area contributed by atoms with E-state index in [9.17, 15) is 0 Å². The van der Waals surface area contributed by atoms with Gasteiger partial charge < -0.3 is 15.4 Å². The summed E-state index contributed by atoms with van der Waals surface area (Å²) in [5.41, 5.74) is 0.605. The molecule has 0 radical (unpaired) electrons. The van der Waals surface area contributed by atoms with E-state index >= 15 is 0 Å². The van der Waals surface area contributed by atoms with Crippen molar-refractivity contribution in [1.29, 1.82) is 0 Å².